The quantitative estimate of drug-likeness (QED) is 0.676. The zero-order valence-corrected chi connectivity index (χ0v) is 15.2. The van der Waals surface area contributed by atoms with Crippen molar-refractivity contribution in [3.63, 3.8) is 0 Å². The van der Waals surface area contributed by atoms with Crippen LogP contribution in [0.5, 0.6) is 0 Å². The van der Waals surface area contributed by atoms with Crippen LogP contribution in [0.4, 0.5) is 19.0 Å². The van der Waals surface area contributed by atoms with E-state index in [9.17, 15) is 13.2 Å². The molecule has 1 aliphatic rings. The summed E-state index contributed by atoms with van der Waals surface area (Å²) in [5.74, 6) is 1.46. The summed E-state index contributed by atoms with van der Waals surface area (Å²) in [5, 5.41) is 0. The molecule has 4 heterocycles. The summed E-state index contributed by atoms with van der Waals surface area (Å²) in [7, 11) is 0. The van der Waals surface area contributed by atoms with Gasteiger partial charge >= 0.3 is 6.18 Å². The van der Waals surface area contributed by atoms with Crippen molar-refractivity contribution in [3.05, 3.63) is 72.2 Å². The summed E-state index contributed by atoms with van der Waals surface area (Å²) in [5.41, 5.74) is 0.271. The van der Waals surface area contributed by atoms with Crippen molar-refractivity contribution in [2.45, 2.75) is 31.5 Å². The maximum absolute atomic E-state index is 13.0. The molecule has 0 aliphatic carbocycles. The van der Waals surface area contributed by atoms with Crippen molar-refractivity contribution in [2.24, 2.45) is 0 Å². The van der Waals surface area contributed by atoms with Crippen molar-refractivity contribution in [1.29, 1.82) is 0 Å². The van der Waals surface area contributed by atoms with Gasteiger partial charge in [-0.1, -0.05) is 6.07 Å². The van der Waals surface area contributed by atoms with Gasteiger partial charge in [0.1, 0.15) is 17.3 Å². The standard InChI is InChI=1S/C20H20F3N5/c21-20(22,23)17-4-1-5-18(26-17)27-11-2-3-16(14-27)19-25-10-12-28(19)13-15-6-8-24-9-7-15/h1,4-10,12,16H,2-3,11,13-14H2/t16-/m0/s1. The third kappa shape index (κ3) is 4.00. The number of anilines is 1. The SMILES string of the molecule is FC(F)(F)c1cccc(N2CCC[C@H](c3nccn3Cc3ccncc3)C2)n1. The molecule has 0 radical (unpaired) electrons. The Morgan fingerprint density at radius 1 is 1.07 bits per heavy atom. The van der Waals surface area contributed by atoms with Crippen LogP contribution in [0.2, 0.25) is 0 Å². The molecule has 0 unspecified atom stereocenters. The maximum Gasteiger partial charge on any atom is 0.433 e. The summed E-state index contributed by atoms with van der Waals surface area (Å²) in [6.45, 7) is 1.98. The van der Waals surface area contributed by atoms with Crippen LogP contribution in [-0.2, 0) is 12.7 Å². The van der Waals surface area contributed by atoms with Crippen molar-refractivity contribution in [2.75, 3.05) is 18.0 Å². The Balaban J connectivity index is 1.53. The highest BCUT2D eigenvalue weighted by atomic mass is 19.4. The Labute approximate surface area is 160 Å². The van der Waals surface area contributed by atoms with E-state index in [2.05, 4.69) is 19.5 Å². The summed E-state index contributed by atoms with van der Waals surface area (Å²) < 4.78 is 41.1. The van der Waals surface area contributed by atoms with Gasteiger partial charge in [0.2, 0.25) is 0 Å². The van der Waals surface area contributed by atoms with Crippen molar-refractivity contribution in [3.8, 4) is 0 Å². The Morgan fingerprint density at radius 3 is 2.68 bits per heavy atom. The first-order chi connectivity index (χ1) is 13.5. The van der Waals surface area contributed by atoms with Crippen molar-refractivity contribution < 1.29 is 13.2 Å². The topological polar surface area (TPSA) is 46.8 Å². The summed E-state index contributed by atoms with van der Waals surface area (Å²) in [4.78, 5) is 14.3. The third-order valence-corrected chi connectivity index (χ3v) is 4.99. The number of rotatable bonds is 4. The maximum atomic E-state index is 13.0. The monoisotopic (exact) mass is 387 g/mol. The molecule has 0 aromatic carbocycles. The van der Waals surface area contributed by atoms with Crippen LogP contribution in [0.3, 0.4) is 0 Å². The largest absolute Gasteiger partial charge is 0.433 e. The van der Waals surface area contributed by atoms with Crippen LogP contribution in [-0.4, -0.2) is 32.6 Å². The van der Waals surface area contributed by atoms with Crippen LogP contribution < -0.4 is 4.90 Å². The lowest BCUT2D eigenvalue weighted by Gasteiger charge is -2.33. The number of pyridine rings is 2. The van der Waals surface area contributed by atoms with Gasteiger partial charge in [-0.25, -0.2) is 9.97 Å². The van der Waals surface area contributed by atoms with Gasteiger partial charge in [0.15, 0.2) is 0 Å². The van der Waals surface area contributed by atoms with E-state index in [0.29, 0.717) is 25.5 Å². The highest BCUT2D eigenvalue weighted by molar-refractivity contribution is 5.41. The summed E-state index contributed by atoms with van der Waals surface area (Å²) in [6.07, 6.45) is 4.62. The Morgan fingerprint density at radius 2 is 1.89 bits per heavy atom. The van der Waals surface area contributed by atoms with E-state index in [4.69, 9.17) is 0 Å². The van der Waals surface area contributed by atoms with Crippen LogP contribution in [0.25, 0.3) is 0 Å². The average Bonchev–Trinajstić information content (AvgIpc) is 3.16. The van der Waals surface area contributed by atoms with Crippen LogP contribution in [0, 0.1) is 0 Å². The minimum absolute atomic E-state index is 0.141. The Kier molecular flexibility index (Phi) is 5.02. The molecule has 0 N–H and O–H groups in total. The lowest BCUT2D eigenvalue weighted by atomic mass is 9.97. The number of piperidine rings is 1. The van der Waals surface area contributed by atoms with E-state index in [1.807, 2.05) is 23.2 Å². The number of hydrogen-bond donors (Lipinski definition) is 0. The first kappa shape index (κ1) is 18.5. The minimum Gasteiger partial charge on any atom is -0.356 e. The predicted molar refractivity (Wildman–Crippen MR) is 99.0 cm³/mol. The molecule has 4 rings (SSSR count). The third-order valence-electron chi connectivity index (χ3n) is 4.99. The van der Waals surface area contributed by atoms with Gasteiger partial charge in [0.25, 0.3) is 0 Å². The van der Waals surface area contributed by atoms with Crippen LogP contribution in [0.15, 0.2) is 55.1 Å². The second kappa shape index (κ2) is 7.61. The highest BCUT2D eigenvalue weighted by Gasteiger charge is 2.33. The molecule has 0 spiro atoms. The van der Waals surface area contributed by atoms with Gasteiger partial charge in [0, 0.05) is 50.3 Å². The molecule has 3 aromatic heterocycles. The zero-order chi connectivity index (χ0) is 19.6. The lowest BCUT2D eigenvalue weighted by Crippen LogP contribution is -2.36. The molecule has 0 saturated carbocycles. The Hall–Kier alpha value is -2.90. The fraction of sp³-hybridized carbons (Fsp3) is 0.350. The number of aromatic nitrogens is 4. The fourth-order valence-corrected chi connectivity index (χ4v) is 3.65. The average molecular weight is 387 g/mol. The van der Waals surface area contributed by atoms with Gasteiger partial charge in [-0.15, -0.1) is 0 Å². The molecule has 1 fully saturated rings. The van der Waals surface area contributed by atoms with Crippen molar-refractivity contribution >= 4 is 5.82 Å². The first-order valence-electron chi connectivity index (χ1n) is 9.20. The summed E-state index contributed by atoms with van der Waals surface area (Å²) >= 11 is 0. The first-order valence-corrected chi connectivity index (χ1v) is 9.20. The zero-order valence-electron chi connectivity index (χ0n) is 15.2. The smallest absolute Gasteiger partial charge is 0.356 e. The van der Waals surface area contributed by atoms with E-state index in [1.165, 1.54) is 6.07 Å². The van der Waals surface area contributed by atoms with Crippen LogP contribution in [0.1, 0.15) is 35.8 Å². The van der Waals surface area contributed by atoms with Gasteiger partial charge in [-0.2, -0.15) is 13.2 Å². The molecule has 28 heavy (non-hydrogen) atoms. The molecule has 146 valence electrons. The molecular formula is C20H20F3N5. The number of imidazole rings is 1. The molecular weight excluding hydrogens is 367 g/mol. The van der Waals surface area contributed by atoms with Gasteiger partial charge in [-0.3, -0.25) is 4.98 Å². The number of halogens is 3. The molecule has 1 saturated heterocycles. The van der Waals surface area contributed by atoms with Gasteiger partial charge in [-0.05, 0) is 42.7 Å². The minimum atomic E-state index is -4.44. The predicted octanol–water partition coefficient (Wildman–Crippen LogP) is 4.12. The Bertz CT molecular complexity index is 923. The fourth-order valence-electron chi connectivity index (χ4n) is 3.65. The van der Waals surface area contributed by atoms with E-state index in [0.717, 1.165) is 30.3 Å². The van der Waals surface area contributed by atoms with Gasteiger partial charge in [0.05, 0.1) is 0 Å². The van der Waals surface area contributed by atoms with E-state index in [1.54, 1.807) is 24.7 Å². The molecule has 8 heteroatoms. The highest BCUT2D eigenvalue weighted by Crippen LogP contribution is 2.32. The molecule has 5 nitrogen and oxygen atoms in total. The second-order valence-corrected chi connectivity index (χ2v) is 6.93. The lowest BCUT2D eigenvalue weighted by molar-refractivity contribution is -0.141. The molecule has 0 bridgehead atoms. The van der Waals surface area contributed by atoms with E-state index >= 15 is 0 Å². The number of alkyl halides is 3. The molecule has 1 aliphatic heterocycles. The van der Waals surface area contributed by atoms with Crippen molar-refractivity contribution in [1.82, 2.24) is 19.5 Å². The normalized spacial score (nSPS) is 17.7. The summed E-state index contributed by atoms with van der Waals surface area (Å²) in [6, 6.07) is 7.99. The molecule has 1 atom stereocenters. The van der Waals surface area contributed by atoms with E-state index < -0.39 is 11.9 Å². The number of nitrogens with zero attached hydrogens (tertiary/aromatic N) is 5. The van der Waals surface area contributed by atoms with Gasteiger partial charge < -0.3 is 9.47 Å². The number of hydrogen-bond acceptors (Lipinski definition) is 4. The van der Waals surface area contributed by atoms with E-state index in [-0.39, 0.29) is 5.92 Å². The van der Waals surface area contributed by atoms with Crippen LogP contribution >= 0.6 is 0 Å². The molecule has 3 aromatic rings. The second-order valence-electron chi connectivity index (χ2n) is 6.93. The molecule has 0 amide bonds.